The molecule has 1 N–H and O–H groups in total. The zero-order valence-electron chi connectivity index (χ0n) is 10.1. The molecule has 0 unspecified atom stereocenters. The molecule has 104 valence electrons. The lowest BCUT2D eigenvalue weighted by atomic mass is 10.1. The van der Waals surface area contributed by atoms with E-state index < -0.39 is 23.4 Å². The fourth-order valence-corrected chi connectivity index (χ4v) is 1.99. The van der Waals surface area contributed by atoms with Gasteiger partial charge in [-0.2, -0.15) is 0 Å². The average Bonchev–Trinajstić information content (AvgIpc) is 2.42. The topological polar surface area (TPSA) is 29.1 Å². The number of nitrogens with one attached hydrogen (secondary N) is 1. The third-order valence-electron chi connectivity index (χ3n) is 2.64. The van der Waals surface area contributed by atoms with Crippen molar-refractivity contribution in [3.8, 4) is 0 Å². The van der Waals surface area contributed by atoms with Gasteiger partial charge in [0.25, 0.3) is 5.91 Å². The molecular formula is C14H9BrF3NO. The second kappa shape index (κ2) is 6.09. The fourth-order valence-electron chi connectivity index (χ4n) is 1.63. The Morgan fingerprint density at radius 2 is 1.90 bits per heavy atom. The van der Waals surface area contributed by atoms with Gasteiger partial charge in [0.15, 0.2) is 0 Å². The Labute approximate surface area is 121 Å². The summed E-state index contributed by atoms with van der Waals surface area (Å²) < 4.78 is 40.2. The van der Waals surface area contributed by atoms with Crippen molar-refractivity contribution in [1.82, 2.24) is 5.32 Å². The Balaban J connectivity index is 2.13. The number of benzene rings is 2. The lowest BCUT2D eigenvalue weighted by Crippen LogP contribution is -2.24. The second-order valence-corrected chi connectivity index (χ2v) is 4.87. The summed E-state index contributed by atoms with van der Waals surface area (Å²) >= 11 is 2.97. The minimum absolute atomic E-state index is 0.00578. The molecule has 0 heterocycles. The molecule has 0 saturated heterocycles. The van der Waals surface area contributed by atoms with Crippen LogP contribution in [0.15, 0.2) is 40.9 Å². The van der Waals surface area contributed by atoms with Crippen LogP contribution >= 0.6 is 15.9 Å². The summed E-state index contributed by atoms with van der Waals surface area (Å²) in [6.07, 6.45) is 0. The predicted octanol–water partition coefficient (Wildman–Crippen LogP) is 3.80. The number of amides is 1. The van der Waals surface area contributed by atoms with Crippen molar-refractivity contribution in [2.75, 3.05) is 0 Å². The number of rotatable bonds is 3. The molecule has 0 atom stereocenters. The van der Waals surface area contributed by atoms with Gasteiger partial charge in [0.2, 0.25) is 0 Å². The van der Waals surface area contributed by atoms with Crippen molar-refractivity contribution in [3.05, 3.63) is 69.4 Å². The van der Waals surface area contributed by atoms with Gasteiger partial charge in [-0.3, -0.25) is 4.79 Å². The Kier molecular flexibility index (Phi) is 4.44. The van der Waals surface area contributed by atoms with Gasteiger partial charge in [-0.1, -0.05) is 6.07 Å². The number of carbonyl (C=O) groups excluding carboxylic acids is 1. The molecule has 0 aliphatic rings. The number of hydrogen-bond acceptors (Lipinski definition) is 1. The Morgan fingerprint density at radius 1 is 1.15 bits per heavy atom. The van der Waals surface area contributed by atoms with Crippen molar-refractivity contribution in [2.45, 2.75) is 6.54 Å². The summed E-state index contributed by atoms with van der Waals surface area (Å²) in [7, 11) is 0. The molecule has 6 heteroatoms. The molecule has 1 amide bonds. The van der Waals surface area contributed by atoms with Gasteiger partial charge < -0.3 is 5.32 Å². The minimum atomic E-state index is -0.704. The maximum Gasteiger partial charge on any atom is 0.254 e. The molecule has 0 aliphatic heterocycles. The van der Waals surface area contributed by atoms with Crippen molar-refractivity contribution >= 4 is 21.8 Å². The molecule has 20 heavy (non-hydrogen) atoms. The van der Waals surface area contributed by atoms with E-state index in [9.17, 15) is 18.0 Å². The lowest BCUT2D eigenvalue weighted by molar-refractivity contribution is 0.0946. The highest BCUT2D eigenvalue weighted by atomic mass is 79.9. The van der Waals surface area contributed by atoms with E-state index in [1.165, 1.54) is 18.2 Å². The van der Waals surface area contributed by atoms with Crippen LogP contribution in [0.25, 0.3) is 0 Å². The summed E-state index contributed by atoms with van der Waals surface area (Å²) in [6.45, 7) is -0.228. The SMILES string of the molecule is O=C(NCc1cc(F)ccc1F)c1cccc(Br)c1F. The van der Waals surface area contributed by atoms with Crippen molar-refractivity contribution in [2.24, 2.45) is 0 Å². The molecule has 0 bridgehead atoms. The van der Waals surface area contributed by atoms with Crippen molar-refractivity contribution in [1.29, 1.82) is 0 Å². The van der Waals surface area contributed by atoms with E-state index in [1.807, 2.05) is 0 Å². The molecule has 0 saturated carbocycles. The fraction of sp³-hybridized carbons (Fsp3) is 0.0714. The van der Waals surface area contributed by atoms with Crippen LogP contribution in [-0.4, -0.2) is 5.91 Å². The van der Waals surface area contributed by atoms with E-state index in [-0.39, 0.29) is 22.1 Å². The summed E-state index contributed by atoms with van der Waals surface area (Å²) in [5.41, 5.74) is -0.176. The highest BCUT2D eigenvalue weighted by Crippen LogP contribution is 2.18. The Hall–Kier alpha value is -1.82. The third kappa shape index (κ3) is 3.19. The van der Waals surface area contributed by atoms with E-state index in [1.54, 1.807) is 0 Å². The lowest BCUT2D eigenvalue weighted by Gasteiger charge is -2.08. The van der Waals surface area contributed by atoms with Crippen LogP contribution in [0, 0.1) is 17.5 Å². The smallest absolute Gasteiger partial charge is 0.254 e. The van der Waals surface area contributed by atoms with Crippen LogP contribution in [0.1, 0.15) is 15.9 Å². The molecule has 2 nitrogen and oxygen atoms in total. The third-order valence-corrected chi connectivity index (χ3v) is 3.26. The Morgan fingerprint density at radius 3 is 2.65 bits per heavy atom. The van der Waals surface area contributed by atoms with Crippen LogP contribution in [-0.2, 0) is 6.54 Å². The standard InChI is InChI=1S/C14H9BrF3NO/c15-11-3-1-2-10(13(11)18)14(20)19-7-8-6-9(16)4-5-12(8)17/h1-6H,7H2,(H,19,20). The van der Waals surface area contributed by atoms with E-state index in [0.29, 0.717) is 0 Å². The molecular weight excluding hydrogens is 335 g/mol. The van der Waals surface area contributed by atoms with Crippen LogP contribution in [0.4, 0.5) is 13.2 Å². The van der Waals surface area contributed by atoms with Gasteiger partial charge in [-0.05, 0) is 46.3 Å². The normalized spacial score (nSPS) is 10.4. The molecule has 2 rings (SSSR count). The number of hydrogen-bond donors (Lipinski definition) is 1. The molecule has 0 radical (unpaired) electrons. The molecule has 0 aliphatic carbocycles. The summed E-state index contributed by atoms with van der Waals surface area (Å²) in [4.78, 5) is 11.8. The van der Waals surface area contributed by atoms with Gasteiger partial charge in [0.1, 0.15) is 17.5 Å². The summed E-state index contributed by atoms with van der Waals surface area (Å²) in [5, 5.41) is 2.34. The molecule has 0 fully saturated rings. The first-order chi connectivity index (χ1) is 9.49. The van der Waals surface area contributed by atoms with E-state index >= 15 is 0 Å². The van der Waals surface area contributed by atoms with Crippen LogP contribution in [0.3, 0.4) is 0 Å². The molecule has 2 aromatic carbocycles. The summed E-state index contributed by atoms with van der Waals surface area (Å²) in [6, 6.07) is 7.19. The van der Waals surface area contributed by atoms with Crippen molar-refractivity contribution in [3.63, 3.8) is 0 Å². The van der Waals surface area contributed by atoms with Crippen LogP contribution < -0.4 is 5.32 Å². The van der Waals surface area contributed by atoms with Gasteiger partial charge in [0.05, 0.1) is 10.0 Å². The first kappa shape index (κ1) is 14.6. The molecule has 0 aromatic heterocycles. The first-order valence-electron chi connectivity index (χ1n) is 5.65. The van der Waals surface area contributed by atoms with Crippen LogP contribution in [0.2, 0.25) is 0 Å². The summed E-state index contributed by atoms with van der Waals surface area (Å²) in [5.74, 6) is -2.65. The monoisotopic (exact) mass is 343 g/mol. The van der Waals surface area contributed by atoms with Crippen molar-refractivity contribution < 1.29 is 18.0 Å². The quantitative estimate of drug-likeness (QED) is 0.902. The van der Waals surface area contributed by atoms with E-state index in [4.69, 9.17) is 0 Å². The Bertz CT molecular complexity index is 661. The number of carbonyl (C=O) groups is 1. The predicted molar refractivity (Wildman–Crippen MR) is 71.6 cm³/mol. The van der Waals surface area contributed by atoms with Gasteiger partial charge >= 0.3 is 0 Å². The molecule has 0 spiro atoms. The maximum absolute atomic E-state index is 13.7. The average molecular weight is 344 g/mol. The number of halogens is 4. The highest BCUT2D eigenvalue weighted by Gasteiger charge is 2.14. The van der Waals surface area contributed by atoms with Gasteiger partial charge in [-0.15, -0.1) is 0 Å². The zero-order valence-corrected chi connectivity index (χ0v) is 11.7. The highest BCUT2D eigenvalue weighted by molar-refractivity contribution is 9.10. The largest absolute Gasteiger partial charge is 0.348 e. The van der Waals surface area contributed by atoms with Gasteiger partial charge in [-0.25, -0.2) is 13.2 Å². The maximum atomic E-state index is 13.7. The van der Waals surface area contributed by atoms with Crippen LogP contribution in [0.5, 0.6) is 0 Å². The van der Waals surface area contributed by atoms with E-state index in [2.05, 4.69) is 21.2 Å². The van der Waals surface area contributed by atoms with E-state index in [0.717, 1.165) is 18.2 Å². The zero-order chi connectivity index (χ0) is 14.7. The molecule has 2 aromatic rings. The second-order valence-electron chi connectivity index (χ2n) is 4.02. The minimum Gasteiger partial charge on any atom is -0.348 e. The van der Waals surface area contributed by atoms with Gasteiger partial charge in [0, 0.05) is 12.1 Å². The first-order valence-corrected chi connectivity index (χ1v) is 6.44.